The van der Waals surface area contributed by atoms with Crippen LogP contribution in [0.25, 0.3) is 27.8 Å². The van der Waals surface area contributed by atoms with Crippen LogP contribution in [0.2, 0.25) is 5.02 Å². The van der Waals surface area contributed by atoms with Crippen LogP contribution < -0.4 is 10.9 Å². The summed E-state index contributed by atoms with van der Waals surface area (Å²) in [4.78, 5) is 25.1. The standard InChI is InChI=1S/C27H28ClN5O2/c1-32(15-20-8-2-3-11-29-20)16-24-23(18-6-4-7-19(28)12-18)14-30-26-25(24)27(35)33(17-31-26)21-9-5-10-22(34)13-21/h4-7,9-10,12-14,17,20,29,34H,2-3,8,11,15-16H2,1H3. The fraction of sp³-hybridized carbons (Fsp3) is 0.296. The minimum absolute atomic E-state index is 0.0836. The van der Waals surface area contributed by atoms with Crippen LogP contribution >= 0.6 is 11.6 Å². The topological polar surface area (TPSA) is 83.3 Å². The lowest BCUT2D eigenvalue weighted by atomic mass is 9.98. The van der Waals surface area contributed by atoms with Crippen LogP contribution in [-0.4, -0.2) is 50.7 Å². The molecule has 1 aliphatic rings. The van der Waals surface area contributed by atoms with E-state index < -0.39 is 0 Å². The maximum Gasteiger partial charge on any atom is 0.267 e. The van der Waals surface area contributed by atoms with Crippen LogP contribution in [0.1, 0.15) is 24.8 Å². The number of nitrogens with one attached hydrogen (secondary N) is 1. The Morgan fingerprint density at radius 3 is 2.80 bits per heavy atom. The van der Waals surface area contributed by atoms with E-state index >= 15 is 0 Å². The number of aromatic nitrogens is 3. The monoisotopic (exact) mass is 489 g/mol. The van der Waals surface area contributed by atoms with Crippen LogP contribution in [0.4, 0.5) is 0 Å². The minimum atomic E-state index is -0.226. The van der Waals surface area contributed by atoms with Crippen LogP contribution in [0, 0.1) is 0 Å². The molecule has 0 spiro atoms. The third kappa shape index (κ3) is 5.07. The number of fused-ring (bicyclic) bond motifs is 1. The number of halogens is 1. The van der Waals surface area contributed by atoms with E-state index in [2.05, 4.69) is 27.2 Å². The van der Waals surface area contributed by atoms with Crippen molar-refractivity contribution in [2.75, 3.05) is 20.1 Å². The molecule has 1 unspecified atom stereocenters. The molecule has 1 saturated heterocycles. The van der Waals surface area contributed by atoms with Gasteiger partial charge in [-0.25, -0.2) is 9.97 Å². The van der Waals surface area contributed by atoms with E-state index in [1.807, 2.05) is 24.3 Å². The third-order valence-electron chi connectivity index (χ3n) is 6.51. The highest BCUT2D eigenvalue weighted by Gasteiger charge is 2.20. The fourth-order valence-corrected chi connectivity index (χ4v) is 5.02. The number of aromatic hydroxyl groups is 1. The van der Waals surface area contributed by atoms with Gasteiger partial charge in [0.15, 0.2) is 5.65 Å². The second-order valence-electron chi connectivity index (χ2n) is 9.14. The Kier molecular flexibility index (Phi) is 6.81. The van der Waals surface area contributed by atoms with Gasteiger partial charge >= 0.3 is 0 Å². The van der Waals surface area contributed by atoms with Crippen LogP contribution in [-0.2, 0) is 6.54 Å². The zero-order chi connectivity index (χ0) is 24.4. The quantitative estimate of drug-likeness (QED) is 0.418. The number of hydrogen-bond acceptors (Lipinski definition) is 6. The van der Waals surface area contributed by atoms with Gasteiger partial charge in [-0.15, -0.1) is 0 Å². The molecule has 0 saturated carbocycles. The summed E-state index contributed by atoms with van der Waals surface area (Å²) in [5.74, 6) is 0.0836. The summed E-state index contributed by atoms with van der Waals surface area (Å²) in [6.07, 6.45) is 6.84. The van der Waals surface area contributed by atoms with Crippen molar-refractivity contribution in [3.05, 3.63) is 82.0 Å². The summed E-state index contributed by atoms with van der Waals surface area (Å²) in [6, 6.07) is 14.6. The Morgan fingerprint density at radius 2 is 2.03 bits per heavy atom. The fourth-order valence-electron chi connectivity index (χ4n) is 4.83. The molecule has 1 aliphatic heterocycles. The van der Waals surface area contributed by atoms with Gasteiger partial charge in [0.2, 0.25) is 0 Å². The average molecular weight is 490 g/mol. The lowest BCUT2D eigenvalue weighted by molar-refractivity contribution is 0.257. The number of phenols is 1. The van der Waals surface area contributed by atoms with E-state index in [4.69, 9.17) is 11.6 Å². The summed E-state index contributed by atoms with van der Waals surface area (Å²) in [5, 5.41) is 14.6. The highest BCUT2D eigenvalue weighted by molar-refractivity contribution is 6.30. The van der Waals surface area contributed by atoms with E-state index in [-0.39, 0.29) is 11.3 Å². The Morgan fingerprint density at radius 1 is 1.17 bits per heavy atom. The molecule has 1 fully saturated rings. The predicted octanol–water partition coefficient (Wildman–Crippen LogP) is 4.38. The molecular formula is C27H28ClN5O2. The van der Waals surface area contributed by atoms with Crippen molar-refractivity contribution in [2.24, 2.45) is 0 Å². The number of nitrogens with zero attached hydrogens (tertiary/aromatic N) is 4. The second-order valence-corrected chi connectivity index (χ2v) is 9.58. The van der Waals surface area contributed by atoms with E-state index in [0.29, 0.717) is 34.3 Å². The Bertz CT molecular complexity index is 1410. The predicted molar refractivity (Wildman–Crippen MR) is 139 cm³/mol. The highest BCUT2D eigenvalue weighted by atomic mass is 35.5. The second kappa shape index (κ2) is 10.2. The number of likely N-dealkylation sites (N-methyl/N-ethyl adjacent to an activating group) is 1. The van der Waals surface area contributed by atoms with Crippen LogP contribution in [0.3, 0.4) is 0 Å². The number of piperidine rings is 1. The largest absolute Gasteiger partial charge is 0.508 e. The van der Waals surface area contributed by atoms with E-state index in [1.165, 1.54) is 23.7 Å². The molecule has 7 nitrogen and oxygen atoms in total. The van der Waals surface area contributed by atoms with Crippen molar-refractivity contribution < 1.29 is 5.11 Å². The Balaban J connectivity index is 1.65. The molecule has 180 valence electrons. The van der Waals surface area contributed by atoms with Gasteiger partial charge in [0.1, 0.15) is 12.1 Å². The first-order chi connectivity index (χ1) is 17.0. The summed E-state index contributed by atoms with van der Waals surface area (Å²) in [6.45, 7) is 2.48. The molecule has 1 atom stereocenters. The maximum absolute atomic E-state index is 13.8. The van der Waals surface area contributed by atoms with Crippen LogP contribution in [0.15, 0.2) is 65.8 Å². The smallest absolute Gasteiger partial charge is 0.267 e. The van der Waals surface area contributed by atoms with Crippen LogP contribution in [0.5, 0.6) is 5.75 Å². The van der Waals surface area contributed by atoms with Gasteiger partial charge in [0, 0.05) is 42.0 Å². The first-order valence-corrected chi connectivity index (χ1v) is 12.2. The van der Waals surface area contributed by atoms with Crippen molar-refractivity contribution >= 4 is 22.6 Å². The van der Waals surface area contributed by atoms with Gasteiger partial charge in [-0.1, -0.05) is 36.2 Å². The van der Waals surface area contributed by atoms with Gasteiger partial charge in [-0.2, -0.15) is 0 Å². The molecule has 35 heavy (non-hydrogen) atoms. The van der Waals surface area contributed by atoms with Gasteiger partial charge in [0.05, 0.1) is 11.1 Å². The van der Waals surface area contributed by atoms with Crippen molar-refractivity contribution in [2.45, 2.75) is 31.8 Å². The zero-order valence-electron chi connectivity index (χ0n) is 19.6. The normalized spacial score (nSPS) is 16.1. The van der Waals surface area contributed by atoms with Crippen molar-refractivity contribution in [3.63, 3.8) is 0 Å². The molecule has 8 heteroatoms. The van der Waals surface area contributed by atoms with Crippen molar-refractivity contribution in [1.29, 1.82) is 0 Å². The maximum atomic E-state index is 13.8. The average Bonchev–Trinajstić information content (AvgIpc) is 2.85. The number of hydrogen-bond donors (Lipinski definition) is 2. The molecule has 5 rings (SSSR count). The van der Waals surface area contributed by atoms with Gasteiger partial charge in [-0.05, 0) is 61.8 Å². The molecule has 2 N–H and O–H groups in total. The molecule has 0 amide bonds. The van der Waals surface area contributed by atoms with Gasteiger partial charge in [0.25, 0.3) is 5.56 Å². The molecule has 3 heterocycles. The molecular weight excluding hydrogens is 462 g/mol. The summed E-state index contributed by atoms with van der Waals surface area (Å²) in [7, 11) is 2.08. The van der Waals surface area contributed by atoms with Gasteiger partial charge in [-0.3, -0.25) is 9.36 Å². The third-order valence-corrected chi connectivity index (χ3v) is 6.75. The number of pyridine rings is 1. The number of phenolic OH excluding ortho intramolecular Hbond substituents is 1. The Labute approximate surface area is 209 Å². The summed E-state index contributed by atoms with van der Waals surface area (Å²) < 4.78 is 1.46. The Hall–Kier alpha value is -3.26. The lowest BCUT2D eigenvalue weighted by Gasteiger charge is -2.29. The van der Waals surface area contributed by atoms with E-state index in [0.717, 1.165) is 36.2 Å². The molecule has 0 bridgehead atoms. The number of benzene rings is 2. The van der Waals surface area contributed by atoms with Gasteiger partial charge < -0.3 is 15.3 Å². The molecule has 2 aromatic carbocycles. The molecule has 4 aromatic rings. The molecule has 0 aliphatic carbocycles. The van der Waals surface area contributed by atoms with Crippen molar-refractivity contribution in [3.8, 4) is 22.6 Å². The molecule has 2 aromatic heterocycles. The SMILES string of the molecule is CN(Cc1c(-c2cccc(Cl)c2)cnc2ncn(-c3cccc(O)c3)c(=O)c12)CC1CCCCN1. The van der Waals surface area contributed by atoms with Crippen molar-refractivity contribution in [1.82, 2.24) is 24.8 Å². The minimum Gasteiger partial charge on any atom is -0.508 e. The lowest BCUT2D eigenvalue weighted by Crippen LogP contribution is -2.42. The first kappa shape index (κ1) is 23.5. The first-order valence-electron chi connectivity index (χ1n) is 11.9. The van der Waals surface area contributed by atoms with E-state index in [9.17, 15) is 9.90 Å². The zero-order valence-corrected chi connectivity index (χ0v) is 20.4. The molecule has 0 radical (unpaired) electrons. The van der Waals surface area contributed by atoms with E-state index in [1.54, 1.807) is 30.5 Å². The summed E-state index contributed by atoms with van der Waals surface area (Å²) >= 11 is 6.31. The highest BCUT2D eigenvalue weighted by Crippen LogP contribution is 2.30. The summed E-state index contributed by atoms with van der Waals surface area (Å²) in [5.41, 5.74) is 3.34. The number of rotatable bonds is 6.